The summed E-state index contributed by atoms with van der Waals surface area (Å²) < 4.78 is 0.759. The number of rotatable bonds is 0. The van der Waals surface area contributed by atoms with Gasteiger partial charge in [0.15, 0.2) is 0 Å². The van der Waals surface area contributed by atoms with Crippen LogP contribution in [-0.2, 0) is 0 Å². The molecule has 1 rings (SSSR count). The normalized spacial score (nSPS) is 34.8. The second-order valence-electron chi connectivity index (χ2n) is 3.79. The van der Waals surface area contributed by atoms with E-state index in [0.717, 1.165) is 4.58 Å². The minimum Gasteiger partial charge on any atom is -0.146 e. The van der Waals surface area contributed by atoms with E-state index in [9.17, 15) is 0 Å². The Kier molecular flexibility index (Phi) is 2.62. The smallest absolute Gasteiger partial charge is 0.0554 e. The van der Waals surface area contributed by atoms with E-state index in [4.69, 9.17) is 0 Å². The van der Waals surface area contributed by atoms with Crippen LogP contribution in [0.15, 0.2) is 0 Å². The van der Waals surface area contributed by atoms with E-state index in [2.05, 4.69) is 39.5 Å². The minimum absolute atomic E-state index is 0.446. The summed E-state index contributed by atoms with van der Waals surface area (Å²) in [4.78, 5) is 0. The second-order valence-corrected chi connectivity index (χ2v) is 6.64. The quantitative estimate of drug-likeness (QED) is 0.555. The van der Waals surface area contributed by atoms with Gasteiger partial charge < -0.3 is 0 Å². The molecule has 10 heavy (non-hydrogen) atoms. The molecule has 0 saturated carbocycles. The first kappa shape index (κ1) is 8.79. The summed E-state index contributed by atoms with van der Waals surface area (Å²) in [7, 11) is 0. The fraction of sp³-hybridized carbons (Fsp3) is 0.875. The summed E-state index contributed by atoms with van der Waals surface area (Å²) >= 11 is 4.08. The molecule has 0 spiro atoms. The summed E-state index contributed by atoms with van der Waals surface area (Å²) in [5, 5.41) is 0.620. The molecule has 0 amide bonds. The van der Waals surface area contributed by atoms with Gasteiger partial charge in [-0.2, -0.15) is 0 Å². The van der Waals surface area contributed by atoms with Crippen molar-refractivity contribution in [1.29, 1.82) is 0 Å². The largest absolute Gasteiger partial charge is 0.146 e. The third-order valence-electron chi connectivity index (χ3n) is 1.46. The van der Waals surface area contributed by atoms with Gasteiger partial charge in [0.1, 0.15) is 0 Å². The Morgan fingerprint density at radius 1 is 1.40 bits per heavy atom. The Hall–Kier alpha value is 0.700. The monoisotopic (exact) mass is 175 g/mol. The van der Waals surface area contributed by atoms with Crippen molar-refractivity contribution in [3.8, 4) is 0 Å². The van der Waals surface area contributed by atoms with Crippen LogP contribution >= 0.6 is 23.5 Å². The van der Waals surface area contributed by atoms with Gasteiger partial charge in [0, 0.05) is 11.0 Å². The molecule has 2 atom stereocenters. The fourth-order valence-electron chi connectivity index (χ4n) is 0.902. The summed E-state index contributed by atoms with van der Waals surface area (Å²) in [5.41, 5.74) is 0.446. The van der Waals surface area contributed by atoms with E-state index in [-0.39, 0.29) is 0 Å². The molecule has 2 heteroatoms. The third kappa shape index (κ3) is 2.09. The van der Waals surface area contributed by atoms with Crippen LogP contribution in [0.4, 0.5) is 0 Å². The van der Waals surface area contributed by atoms with Gasteiger partial charge >= 0.3 is 0 Å². The van der Waals surface area contributed by atoms with Gasteiger partial charge in [0.05, 0.1) is 4.58 Å². The zero-order valence-electron chi connectivity index (χ0n) is 6.89. The molecule has 0 nitrogen and oxygen atoms in total. The Morgan fingerprint density at radius 3 is 2.20 bits per heavy atom. The first-order valence-corrected chi connectivity index (χ1v) is 5.59. The predicted octanol–water partition coefficient (Wildman–Crippen LogP) is 3.04. The first-order chi connectivity index (χ1) is 4.50. The van der Waals surface area contributed by atoms with E-state index >= 15 is 0 Å². The Balaban J connectivity index is 2.45. The fourth-order valence-corrected chi connectivity index (χ4v) is 4.12. The van der Waals surface area contributed by atoms with E-state index in [1.54, 1.807) is 0 Å². The molecule has 0 aromatic carbocycles. The molecule has 1 aliphatic rings. The standard InChI is InChI=1S/C8H15S2/c1-6-5-9-7(10-6)8(2,3)4/h6-7H,1,5H2,2-4H3/t6-,7+/m1/s1. The van der Waals surface area contributed by atoms with Gasteiger partial charge in [-0.05, 0) is 12.3 Å². The maximum Gasteiger partial charge on any atom is 0.0554 e. The molecule has 1 radical (unpaired) electrons. The van der Waals surface area contributed by atoms with Crippen LogP contribution in [0.2, 0.25) is 0 Å². The zero-order valence-corrected chi connectivity index (χ0v) is 8.52. The van der Waals surface area contributed by atoms with E-state index in [1.807, 2.05) is 11.8 Å². The van der Waals surface area contributed by atoms with Crippen molar-refractivity contribution in [3.05, 3.63) is 6.92 Å². The van der Waals surface area contributed by atoms with Gasteiger partial charge in [-0.1, -0.05) is 20.8 Å². The van der Waals surface area contributed by atoms with Crippen LogP contribution in [0.1, 0.15) is 20.8 Å². The van der Waals surface area contributed by atoms with Crippen molar-refractivity contribution in [3.63, 3.8) is 0 Å². The number of thioether (sulfide) groups is 2. The lowest BCUT2D eigenvalue weighted by Gasteiger charge is -2.24. The lowest BCUT2D eigenvalue weighted by Crippen LogP contribution is -2.17. The molecule has 1 fully saturated rings. The maximum absolute atomic E-state index is 4.04. The molecular formula is C8H15S2. The van der Waals surface area contributed by atoms with Gasteiger partial charge in [-0.25, -0.2) is 0 Å². The number of hydrogen-bond acceptors (Lipinski definition) is 2. The Labute approximate surface area is 72.5 Å². The lowest BCUT2D eigenvalue weighted by atomic mass is 10.0. The van der Waals surface area contributed by atoms with Crippen LogP contribution in [0.5, 0.6) is 0 Å². The highest BCUT2D eigenvalue weighted by Gasteiger charge is 2.32. The zero-order chi connectivity index (χ0) is 7.78. The topological polar surface area (TPSA) is 0 Å². The van der Waals surface area contributed by atoms with Gasteiger partial charge in [0.25, 0.3) is 0 Å². The van der Waals surface area contributed by atoms with Crippen molar-refractivity contribution < 1.29 is 0 Å². The molecule has 0 N–H and O–H groups in total. The molecule has 1 heterocycles. The van der Waals surface area contributed by atoms with Crippen molar-refractivity contribution in [2.45, 2.75) is 30.6 Å². The average Bonchev–Trinajstić information content (AvgIpc) is 2.11. The van der Waals surface area contributed by atoms with Crippen molar-refractivity contribution in [2.75, 3.05) is 5.75 Å². The van der Waals surface area contributed by atoms with E-state index < -0.39 is 0 Å². The highest BCUT2D eigenvalue weighted by atomic mass is 32.2. The van der Waals surface area contributed by atoms with Crippen LogP contribution in [0.25, 0.3) is 0 Å². The van der Waals surface area contributed by atoms with Gasteiger partial charge in [0.2, 0.25) is 0 Å². The van der Waals surface area contributed by atoms with Crippen LogP contribution in [-0.4, -0.2) is 15.6 Å². The number of hydrogen-bond donors (Lipinski definition) is 0. The Bertz CT molecular complexity index is 115. The maximum atomic E-state index is 4.04. The van der Waals surface area contributed by atoms with Crippen LogP contribution < -0.4 is 0 Å². The summed E-state index contributed by atoms with van der Waals surface area (Å²) in [6.07, 6.45) is 0. The molecule has 1 aliphatic heterocycles. The van der Waals surface area contributed by atoms with Crippen LogP contribution in [0, 0.1) is 12.3 Å². The summed E-state index contributed by atoms with van der Waals surface area (Å²) in [5.74, 6) is 1.23. The minimum atomic E-state index is 0.446. The molecule has 0 aliphatic carbocycles. The molecule has 0 unspecified atom stereocenters. The van der Waals surface area contributed by atoms with Gasteiger partial charge in [-0.15, -0.1) is 23.5 Å². The van der Waals surface area contributed by atoms with E-state index in [1.165, 1.54) is 5.75 Å². The predicted molar refractivity (Wildman–Crippen MR) is 52.4 cm³/mol. The molecule has 0 aromatic rings. The van der Waals surface area contributed by atoms with Gasteiger partial charge in [-0.3, -0.25) is 0 Å². The van der Waals surface area contributed by atoms with E-state index in [0.29, 0.717) is 10.7 Å². The Morgan fingerprint density at radius 2 is 2.00 bits per heavy atom. The first-order valence-electron chi connectivity index (χ1n) is 3.60. The summed E-state index contributed by atoms with van der Waals surface area (Å²) in [6, 6.07) is 0. The molecule has 0 aromatic heterocycles. The second kappa shape index (κ2) is 2.98. The summed E-state index contributed by atoms with van der Waals surface area (Å²) in [6.45, 7) is 10.9. The molecular weight excluding hydrogens is 160 g/mol. The highest BCUT2D eigenvalue weighted by molar-refractivity contribution is 8.20. The molecule has 59 valence electrons. The van der Waals surface area contributed by atoms with Crippen LogP contribution in [0.3, 0.4) is 0 Å². The highest BCUT2D eigenvalue weighted by Crippen LogP contribution is 2.46. The van der Waals surface area contributed by atoms with Crippen molar-refractivity contribution >= 4 is 23.5 Å². The van der Waals surface area contributed by atoms with Crippen molar-refractivity contribution in [2.24, 2.45) is 5.41 Å². The van der Waals surface area contributed by atoms with Crippen molar-refractivity contribution in [1.82, 2.24) is 0 Å². The molecule has 1 saturated heterocycles. The average molecular weight is 175 g/mol. The lowest BCUT2D eigenvalue weighted by molar-refractivity contribution is 0.461. The molecule has 0 bridgehead atoms. The third-order valence-corrected chi connectivity index (χ3v) is 5.52. The SMILES string of the molecule is [CH2][C@@H]1CS[C@H](C(C)(C)C)S1.